The minimum atomic E-state index is -0.912. The molecule has 0 unspecified atom stereocenters. The highest BCUT2D eigenvalue weighted by Crippen LogP contribution is 2.32. The first-order valence-electron chi connectivity index (χ1n) is 14.5. The van der Waals surface area contributed by atoms with E-state index in [0.29, 0.717) is 38.9 Å². The lowest BCUT2D eigenvalue weighted by molar-refractivity contribution is 0.575. The zero-order valence-corrected chi connectivity index (χ0v) is 27.0. The van der Waals surface area contributed by atoms with E-state index in [1.807, 2.05) is 0 Å². The van der Waals surface area contributed by atoms with Crippen LogP contribution in [0.4, 0.5) is 35.1 Å². The van der Waals surface area contributed by atoms with Crippen molar-refractivity contribution in [2.45, 2.75) is 0 Å². The Kier molecular flexibility index (Phi) is 10.2. The van der Waals surface area contributed by atoms with E-state index in [1.165, 1.54) is 36.7 Å². The fourth-order valence-corrected chi connectivity index (χ4v) is 5.16. The van der Waals surface area contributed by atoms with Gasteiger partial charge in [-0.3, -0.25) is 0 Å². The van der Waals surface area contributed by atoms with E-state index in [0.717, 1.165) is 36.7 Å². The molecule has 0 saturated carbocycles. The first kappa shape index (κ1) is 34.9. The van der Waals surface area contributed by atoms with Gasteiger partial charge in [0.1, 0.15) is 57.7 Å². The topological polar surface area (TPSA) is 77.3 Å². The van der Waals surface area contributed by atoms with Crippen molar-refractivity contribution < 1.29 is 35.1 Å². The third kappa shape index (κ3) is 7.94. The largest absolute Gasteiger partial charge is 0.248 e. The van der Waals surface area contributed by atoms with Crippen molar-refractivity contribution in [1.82, 2.24) is 30.4 Å². The fourth-order valence-electron chi connectivity index (χ4n) is 4.78. The first-order valence-corrected chi connectivity index (χ1v) is 15.2. The summed E-state index contributed by atoms with van der Waals surface area (Å²) in [6, 6.07) is 15.6. The third-order valence-electron chi connectivity index (χ3n) is 7.18. The maximum atomic E-state index is 14.3. The highest BCUT2D eigenvalue weighted by atomic mass is 79.9. The van der Waals surface area contributed by atoms with Crippen molar-refractivity contribution in [2.75, 3.05) is 0 Å². The van der Waals surface area contributed by atoms with Gasteiger partial charge in [-0.25, -0.2) is 45.1 Å². The van der Waals surface area contributed by atoms with Gasteiger partial charge >= 0.3 is 0 Å². The molecule has 0 atom stereocenters. The Morgan fingerprint density at radius 2 is 0.902 bits per heavy atom. The molecule has 0 N–H and O–H groups in total. The normalized spacial score (nSPS) is 10.8. The predicted octanol–water partition coefficient (Wildman–Crippen LogP) is 9.95. The summed E-state index contributed by atoms with van der Waals surface area (Å²) in [6.07, 6.45) is 4.56. The van der Waals surface area contributed by atoms with Gasteiger partial charge in [-0.1, -0.05) is 12.1 Å². The molecule has 0 bridgehead atoms. The van der Waals surface area contributed by atoms with Gasteiger partial charge in [0.2, 0.25) is 0 Å². The molecular weight excluding hydrogens is 748 g/mol. The van der Waals surface area contributed by atoms with Gasteiger partial charge in [0.05, 0.1) is 29.3 Å². The number of nitrogens with zero attached hydrogens (tertiary/aromatic N) is 6. The van der Waals surface area contributed by atoms with Gasteiger partial charge in [0, 0.05) is 40.5 Å². The lowest BCUT2D eigenvalue weighted by Crippen LogP contribution is -1.96. The van der Waals surface area contributed by atoms with Crippen LogP contribution in [0.2, 0.25) is 0 Å². The molecule has 3 aromatic carbocycles. The first-order chi connectivity index (χ1) is 24.5. The van der Waals surface area contributed by atoms with Crippen molar-refractivity contribution in [1.29, 1.82) is 0 Å². The lowest BCUT2D eigenvalue weighted by atomic mass is 9.98. The van der Waals surface area contributed by atoms with Crippen molar-refractivity contribution in [3.63, 3.8) is 0 Å². The molecule has 0 fully saturated rings. The fraction of sp³-hybridized carbons (Fsp3) is 0. The maximum Gasteiger partial charge on any atom is 0.154 e. The van der Waals surface area contributed by atoms with Crippen molar-refractivity contribution >= 4 is 15.9 Å². The molecule has 0 saturated heterocycles. The molecule has 0 aliphatic carbocycles. The van der Waals surface area contributed by atoms with Crippen molar-refractivity contribution in [3.05, 3.63) is 155 Å². The van der Waals surface area contributed by atoms with Gasteiger partial charge in [-0.05, 0) is 75.6 Å². The van der Waals surface area contributed by atoms with Gasteiger partial charge in [-0.2, -0.15) is 10.2 Å². The molecule has 7 rings (SSSR count). The van der Waals surface area contributed by atoms with Crippen LogP contribution in [0.3, 0.4) is 0 Å². The summed E-state index contributed by atoms with van der Waals surface area (Å²) in [6.45, 7) is 0. The molecule has 254 valence electrons. The summed E-state index contributed by atoms with van der Waals surface area (Å²) < 4.78 is 109. The second kappa shape index (κ2) is 14.9. The van der Waals surface area contributed by atoms with Crippen LogP contribution in [0.15, 0.2) is 108 Å². The van der Waals surface area contributed by atoms with Crippen LogP contribution in [0.25, 0.3) is 56.2 Å². The maximum absolute atomic E-state index is 14.3. The van der Waals surface area contributed by atoms with E-state index < -0.39 is 46.5 Å². The molecule has 0 radical (unpaired) electrons. The molecule has 0 spiro atoms. The minimum absolute atomic E-state index is 0.0406. The van der Waals surface area contributed by atoms with E-state index in [2.05, 4.69) is 46.3 Å². The monoisotopic (exact) mass is 764 g/mol. The van der Waals surface area contributed by atoms with E-state index in [9.17, 15) is 35.1 Å². The Morgan fingerprint density at radius 1 is 0.392 bits per heavy atom. The van der Waals surface area contributed by atoms with E-state index in [1.54, 1.807) is 18.2 Å². The zero-order valence-electron chi connectivity index (χ0n) is 25.4. The summed E-state index contributed by atoms with van der Waals surface area (Å²) in [7, 11) is 0. The molecule has 15 heteroatoms. The molecule has 4 aromatic heterocycles. The highest BCUT2D eigenvalue weighted by Gasteiger charge is 2.16. The average molecular weight is 765 g/mol. The van der Waals surface area contributed by atoms with Gasteiger partial charge in [0.25, 0.3) is 0 Å². The number of hydrogen-bond acceptors (Lipinski definition) is 6. The molecule has 0 aliphatic heterocycles. The van der Waals surface area contributed by atoms with Gasteiger partial charge < -0.3 is 0 Å². The predicted molar refractivity (Wildman–Crippen MR) is 174 cm³/mol. The van der Waals surface area contributed by atoms with Crippen LogP contribution in [-0.2, 0) is 0 Å². The van der Waals surface area contributed by atoms with Crippen LogP contribution in [0.1, 0.15) is 0 Å². The molecule has 6 nitrogen and oxygen atoms in total. The lowest BCUT2D eigenvalue weighted by Gasteiger charge is -2.09. The van der Waals surface area contributed by atoms with Crippen molar-refractivity contribution in [3.8, 4) is 56.2 Å². The van der Waals surface area contributed by atoms with Crippen LogP contribution < -0.4 is 0 Å². The van der Waals surface area contributed by atoms with Crippen LogP contribution in [-0.4, -0.2) is 30.4 Å². The molecular formula is C36H17BrF8N6. The Bertz CT molecular complexity index is 2410. The van der Waals surface area contributed by atoms with Crippen LogP contribution >= 0.6 is 15.9 Å². The van der Waals surface area contributed by atoms with Gasteiger partial charge in [0.15, 0.2) is 11.6 Å². The quantitative estimate of drug-likeness (QED) is 0.163. The van der Waals surface area contributed by atoms with E-state index in [4.69, 9.17) is 0 Å². The Balaban J connectivity index is 0.000000183. The summed E-state index contributed by atoms with van der Waals surface area (Å²) in [5.74, 6) is -6.12. The number of halogens is 9. The summed E-state index contributed by atoms with van der Waals surface area (Å²) in [4.78, 5) is 7.38. The minimum Gasteiger partial charge on any atom is -0.248 e. The number of pyridine rings is 2. The van der Waals surface area contributed by atoms with Crippen LogP contribution in [0, 0.1) is 46.5 Å². The second-order valence-electron chi connectivity index (χ2n) is 10.6. The number of hydrogen-bond donors (Lipinski definition) is 0. The molecule has 51 heavy (non-hydrogen) atoms. The summed E-state index contributed by atoms with van der Waals surface area (Å²) in [5.41, 5.74) is 1.85. The third-order valence-corrected chi connectivity index (χ3v) is 7.79. The molecule has 0 amide bonds. The van der Waals surface area contributed by atoms with Gasteiger partial charge in [-0.15, -0.1) is 10.2 Å². The Labute approximate surface area is 291 Å². The van der Waals surface area contributed by atoms with Crippen molar-refractivity contribution in [2.24, 2.45) is 0 Å². The van der Waals surface area contributed by atoms with Crippen LogP contribution in [0.5, 0.6) is 0 Å². The standard InChI is InChI=1S/C21H10F5N3.C15H7BrF3N3/c22-13-2-3-15(18(25)7-13)16-5-11(1-4-17(16)24)12-6-20(29-28-9-12)21-19(26)8-14(23)10-27-21;16-11-3-8(1-2-12(11)18)9-4-14(22-21-6-9)15-13(19)5-10(17)7-20-15/h1-10H;1-7H. The SMILES string of the molecule is Fc1ccc(-c2cc(-c3cnnc(-c4ncc(F)cc4F)c3)ccc2F)c(F)c1.Fc1cnc(-c2cc(-c3ccc(F)c(Br)c3)cnn2)c(F)c1. The average Bonchev–Trinajstić information content (AvgIpc) is 3.10. The zero-order chi connectivity index (χ0) is 36.2. The number of aromatic nitrogens is 6. The summed E-state index contributed by atoms with van der Waals surface area (Å²) >= 11 is 3.10. The Morgan fingerprint density at radius 3 is 1.41 bits per heavy atom. The summed E-state index contributed by atoms with van der Waals surface area (Å²) in [5, 5.41) is 15.2. The number of rotatable bonds is 5. The molecule has 4 heterocycles. The smallest absolute Gasteiger partial charge is 0.154 e. The second-order valence-corrected chi connectivity index (χ2v) is 11.4. The number of benzene rings is 3. The molecule has 0 aliphatic rings. The molecule has 7 aromatic rings. The highest BCUT2D eigenvalue weighted by molar-refractivity contribution is 9.10. The van der Waals surface area contributed by atoms with E-state index in [-0.39, 0.29) is 33.9 Å². The van der Waals surface area contributed by atoms with E-state index >= 15 is 0 Å². The Hall–Kier alpha value is -5.96.